The van der Waals surface area contributed by atoms with E-state index in [1.54, 1.807) is 16.9 Å². The lowest BCUT2D eigenvalue weighted by Crippen LogP contribution is -2.26. The van der Waals surface area contributed by atoms with Crippen LogP contribution in [-0.4, -0.2) is 27.6 Å². The Morgan fingerprint density at radius 2 is 1.96 bits per heavy atom. The number of hydrogen-bond donors (Lipinski definition) is 2. The highest BCUT2D eigenvalue weighted by Gasteiger charge is 2.28. The molecule has 4 rings (SSSR count). The Morgan fingerprint density at radius 1 is 1.19 bits per heavy atom. The number of carbonyl (C=O) groups excluding carboxylic acids is 2. The van der Waals surface area contributed by atoms with Crippen LogP contribution in [-0.2, 0) is 6.54 Å². The maximum atomic E-state index is 12.9. The van der Waals surface area contributed by atoms with E-state index in [0.29, 0.717) is 22.8 Å². The number of anilines is 1. The van der Waals surface area contributed by atoms with Gasteiger partial charge in [0, 0.05) is 29.7 Å². The molecule has 1 aliphatic rings. The Bertz CT molecular complexity index is 973. The van der Waals surface area contributed by atoms with Crippen molar-refractivity contribution in [1.29, 1.82) is 0 Å². The minimum atomic E-state index is -0.316. The predicted octanol–water partition coefficient (Wildman–Crippen LogP) is 3.78. The smallest absolute Gasteiger partial charge is 0.276 e. The van der Waals surface area contributed by atoms with Crippen LogP contribution in [0.4, 0.5) is 5.00 Å². The summed E-state index contributed by atoms with van der Waals surface area (Å²) < 4.78 is 1.69. The number of amides is 2. The van der Waals surface area contributed by atoms with E-state index in [9.17, 15) is 9.59 Å². The molecule has 0 atom stereocenters. The van der Waals surface area contributed by atoms with Crippen LogP contribution in [0.25, 0.3) is 11.1 Å². The van der Waals surface area contributed by atoms with Crippen molar-refractivity contribution in [3.05, 3.63) is 59.2 Å². The summed E-state index contributed by atoms with van der Waals surface area (Å²) >= 11 is 1.36. The van der Waals surface area contributed by atoms with Crippen molar-refractivity contribution in [2.45, 2.75) is 32.4 Å². The monoisotopic (exact) mass is 380 g/mol. The maximum absolute atomic E-state index is 12.9. The van der Waals surface area contributed by atoms with Crippen LogP contribution in [0.1, 0.15) is 40.6 Å². The second-order valence-electron chi connectivity index (χ2n) is 6.48. The quantitative estimate of drug-likeness (QED) is 0.683. The fraction of sp³-hybridized carbons (Fsp3) is 0.250. The van der Waals surface area contributed by atoms with Gasteiger partial charge in [-0.1, -0.05) is 30.3 Å². The summed E-state index contributed by atoms with van der Waals surface area (Å²) in [6.45, 7) is 2.65. The third-order valence-electron chi connectivity index (χ3n) is 4.44. The molecule has 0 unspecified atom stereocenters. The van der Waals surface area contributed by atoms with E-state index in [1.165, 1.54) is 11.3 Å². The largest absolute Gasteiger partial charge is 0.349 e. The lowest BCUT2D eigenvalue weighted by Gasteiger charge is -2.09. The fourth-order valence-electron chi connectivity index (χ4n) is 2.82. The van der Waals surface area contributed by atoms with Gasteiger partial charge in [0.2, 0.25) is 0 Å². The van der Waals surface area contributed by atoms with E-state index in [2.05, 4.69) is 15.7 Å². The molecule has 0 aliphatic heterocycles. The van der Waals surface area contributed by atoms with Crippen molar-refractivity contribution in [3.63, 3.8) is 0 Å². The van der Waals surface area contributed by atoms with Gasteiger partial charge < -0.3 is 10.6 Å². The van der Waals surface area contributed by atoms with Gasteiger partial charge in [-0.2, -0.15) is 5.10 Å². The van der Waals surface area contributed by atoms with Crippen molar-refractivity contribution in [2.24, 2.45) is 0 Å². The number of nitrogens with zero attached hydrogens (tertiary/aromatic N) is 2. The summed E-state index contributed by atoms with van der Waals surface area (Å²) in [7, 11) is 0. The molecule has 7 heteroatoms. The van der Waals surface area contributed by atoms with Gasteiger partial charge in [0.05, 0.1) is 5.56 Å². The van der Waals surface area contributed by atoms with Crippen molar-refractivity contribution in [3.8, 4) is 11.1 Å². The SMILES string of the molecule is CCn1ccc(C(=O)Nc2scc(-c3ccccc3)c2C(=O)NC2CC2)n1. The molecule has 2 N–H and O–H groups in total. The van der Waals surface area contributed by atoms with E-state index in [0.717, 1.165) is 24.0 Å². The Kier molecular flexibility index (Phi) is 4.77. The summed E-state index contributed by atoms with van der Waals surface area (Å²) in [5.41, 5.74) is 2.63. The topological polar surface area (TPSA) is 76.0 Å². The summed E-state index contributed by atoms with van der Waals surface area (Å²) in [6, 6.07) is 11.6. The lowest BCUT2D eigenvalue weighted by atomic mass is 10.0. The van der Waals surface area contributed by atoms with E-state index < -0.39 is 0 Å². The minimum absolute atomic E-state index is 0.146. The first-order chi connectivity index (χ1) is 13.2. The van der Waals surface area contributed by atoms with Crippen LogP contribution >= 0.6 is 11.3 Å². The molecule has 3 aromatic rings. The van der Waals surface area contributed by atoms with Crippen LogP contribution < -0.4 is 10.6 Å². The van der Waals surface area contributed by atoms with Crippen LogP contribution in [0.5, 0.6) is 0 Å². The standard InChI is InChI=1S/C20H20N4O2S/c1-2-24-11-10-16(23-24)18(25)22-20-17(19(26)21-14-8-9-14)15(12-27-20)13-6-4-3-5-7-13/h3-7,10-12,14H,2,8-9H2,1H3,(H,21,26)(H,22,25). The first kappa shape index (κ1) is 17.5. The normalized spacial score (nSPS) is 13.4. The van der Waals surface area contributed by atoms with E-state index in [-0.39, 0.29) is 17.9 Å². The molecule has 0 radical (unpaired) electrons. The van der Waals surface area contributed by atoms with Crippen LogP contribution in [0, 0.1) is 0 Å². The third-order valence-corrected chi connectivity index (χ3v) is 5.34. The fourth-order valence-corrected chi connectivity index (χ4v) is 3.78. The summed E-state index contributed by atoms with van der Waals surface area (Å²) in [4.78, 5) is 25.5. The Hall–Kier alpha value is -2.93. The molecular formula is C20H20N4O2S. The molecule has 6 nitrogen and oxygen atoms in total. The molecule has 2 heterocycles. The first-order valence-electron chi connectivity index (χ1n) is 8.98. The van der Waals surface area contributed by atoms with Crippen molar-refractivity contribution >= 4 is 28.2 Å². The van der Waals surface area contributed by atoms with Crippen molar-refractivity contribution in [2.75, 3.05) is 5.32 Å². The molecule has 0 saturated heterocycles. The first-order valence-corrected chi connectivity index (χ1v) is 9.86. The van der Waals surface area contributed by atoms with Gasteiger partial charge >= 0.3 is 0 Å². The van der Waals surface area contributed by atoms with E-state index in [1.807, 2.05) is 42.6 Å². The Balaban J connectivity index is 1.66. The molecule has 27 heavy (non-hydrogen) atoms. The zero-order valence-electron chi connectivity index (χ0n) is 14.9. The van der Waals surface area contributed by atoms with Gasteiger partial charge in [-0.05, 0) is 31.4 Å². The average molecular weight is 380 g/mol. The molecule has 1 aromatic carbocycles. The zero-order valence-corrected chi connectivity index (χ0v) is 15.8. The number of hydrogen-bond acceptors (Lipinski definition) is 4. The Labute approximate surface area is 161 Å². The number of carbonyl (C=O) groups is 2. The van der Waals surface area contributed by atoms with Gasteiger partial charge in [0.1, 0.15) is 5.00 Å². The average Bonchev–Trinajstić information content (AvgIpc) is 3.21. The number of nitrogens with one attached hydrogen (secondary N) is 2. The van der Waals surface area contributed by atoms with Crippen LogP contribution in [0.3, 0.4) is 0 Å². The molecule has 138 valence electrons. The highest BCUT2D eigenvalue weighted by atomic mass is 32.1. The number of benzene rings is 1. The van der Waals surface area contributed by atoms with Crippen LogP contribution in [0.2, 0.25) is 0 Å². The number of aromatic nitrogens is 2. The van der Waals surface area contributed by atoms with Crippen LogP contribution in [0.15, 0.2) is 48.0 Å². The molecule has 1 aliphatic carbocycles. The molecule has 1 saturated carbocycles. The van der Waals surface area contributed by atoms with Gasteiger partial charge in [-0.15, -0.1) is 11.3 Å². The predicted molar refractivity (Wildman–Crippen MR) is 106 cm³/mol. The number of rotatable bonds is 6. The van der Waals surface area contributed by atoms with E-state index in [4.69, 9.17) is 0 Å². The van der Waals surface area contributed by atoms with Gasteiger partial charge in [0.25, 0.3) is 11.8 Å². The third kappa shape index (κ3) is 3.78. The second kappa shape index (κ2) is 7.36. The molecule has 2 aromatic heterocycles. The molecule has 0 bridgehead atoms. The minimum Gasteiger partial charge on any atom is -0.349 e. The second-order valence-corrected chi connectivity index (χ2v) is 7.36. The summed E-state index contributed by atoms with van der Waals surface area (Å²) in [5, 5.41) is 12.6. The van der Waals surface area contributed by atoms with Crippen molar-refractivity contribution in [1.82, 2.24) is 15.1 Å². The highest BCUT2D eigenvalue weighted by Crippen LogP contribution is 2.36. The van der Waals surface area contributed by atoms with E-state index >= 15 is 0 Å². The Morgan fingerprint density at radius 3 is 2.63 bits per heavy atom. The highest BCUT2D eigenvalue weighted by molar-refractivity contribution is 7.15. The molecule has 1 fully saturated rings. The lowest BCUT2D eigenvalue weighted by molar-refractivity contribution is 0.0953. The zero-order chi connectivity index (χ0) is 18.8. The number of aryl methyl sites for hydroxylation is 1. The molecule has 2 amide bonds. The number of thiophene rings is 1. The van der Waals surface area contributed by atoms with Gasteiger partial charge in [0.15, 0.2) is 5.69 Å². The molecule has 0 spiro atoms. The van der Waals surface area contributed by atoms with Gasteiger partial charge in [-0.25, -0.2) is 0 Å². The molecular weight excluding hydrogens is 360 g/mol. The summed E-state index contributed by atoms with van der Waals surface area (Å²) in [5.74, 6) is -0.462. The van der Waals surface area contributed by atoms with Crippen molar-refractivity contribution < 1.29 is 9.59 Å². The van der Waals surface area contributed by atoms with Gasteiger partial charge in [-0.3, -0.25) is 14.3 Å². The summed E-state index contributed by atoms with van der Waals surface area (Å²) in [6.07, 6.45) is 3.78. The maximum Gasteiger partial charge on any atom is 0.276 e.